The standard InChI is InChI=1S/C19H18F3N5O5/c20-19(21,22)13-2-3-14(15(10-13)27(30)31)25-16(28)11-32-17(29)12-4-8-26(9-5-12)18-23-6-1-7-24-18/h1-3,6-7,10,12H,4-5,8-9,11H2,(H,25,28). The number of piperidine rings is 1. The Morgan fingerprint density at radius 1 is 1.22 bits per heavy atom. The number of benzene rings is 1. The number of nitrogens with zero attached hydrogens (tertiary/aromatic N) is 4. The first kappa shape index (κ1) is 22.9. The van der Waals surface area contributed by atoms with Gasteiger partial charge in [-0.15, -0.1) is 0 Å². The van der Waals surface area contributed by atoms with Crippen molar-refractivity contribution in [1.82, 2.24) is 9.97 Å². The number of amides is 1. The number of hydrogen-bond donors (Lipinski definition) is 1. The zero-order valence-electron chi connectivity index (χ0n) is 16.5. The van der Waals surface area contributed by atoms with Crippen molar-refractivity contribution in [2.75, 3.05) is 29.9 Å². The Kier molecular flexibility index (Phi) is 6.85. The van der Waals surface area contributed by atoms with Crippen LogP contribution in [0.4, 0.5) is 30.5 Å². The van der Waals surface area contributed by atoms with E-state index in [4.69, 9.17) is 4.74 Å². The summed E-state index contributed by atoms with van der Waals surface area (Å²) >= 11 is 0. The summed E-state index contributed by atoms with van der Waals surface area (Å²) in [5, 5.41) is 13.2. The molecule has 3 rings (SSSR count). The molecule has 1 aliphatic rings. The fourth-order valence-electron chi connectivity index (χ4n) is 3.18. The molecule has 0 spiro atoms. The van der Waals surface area contributed by atoms with E-state index in [0.29, 0.717) is 44.0 Å². The summed E-state index contributed by atoms with van der Waals surface area (Å²) in [6.45, 7) is 0.320. The summed E-state index contributed by atoms with van der Waals surface area (Å²) in [4.78, 5) is 44.5. The lowest BCUT2D eigenvalue weighted by Crippen LogP contribution is -2.38. The number of hydrogen-bond acceptors (Lipinski definition) is 8. The lowest BCUT2D eigenvalue weighted by Gasteiger charge is -2.30. The maximum Gasteiger partial charge on any atom is 0.416 e. The van der Waals surface area contributed by atoms with Gasteiger partial charge in [0.1, 0.15) is 5.69 Å². The SMILES string of the molecule is O=C(COC(=O)C1CCN(c2ncccn2)CC1)Nc1ccc(C(F)(F)F)cc1[N+](=O)[O-]. The summed E-state index contributed by atoms with van der Waals surface area (Å²) < 4.78 is 43.2. The van der Waals surface area contributed by atoms with Crippen molar-refractivity contribution in [1.29, 1.82) is 0 Å². The number of alkyl halides is 3. The molecule has 1 aromatic carbocycles. The van der Waals surface area contributed by atoms with Crippen LogP contribution in [-0.4, -0.2) is 46.5 Å². The second-order valence-corrected chi connectivity index (χ2v) is 6.95. The molecule has 1 N–H and O–H groups in total. The van der Waals surface area contributed by atoms with E-state index in [9.17, 15) is 32.9 Å². The molecule has 0 aliphatic carbocycles. The van der Waals surface area contributed by atoms with Crippen LogP contribution in [0.5, 0.6) is 0 Å². The van der Waals surface area contributed by atoms with E-state index < -0.39 is 52.4 Å². The summed E-state index contributed by atoms with van der Waals surface area (Å²) in [5.74, 6) is -1.40. The van der Waals surface area contributed by atoms with Crippen LogP contribution in [-0.2, 0) is 20.5 Å². The molecular weight excluding hydrogens is 435 g/mol. The Balaban J connectivity index is 1.52. The van der Waals surface area contributed by atoms with Crippen LogP contribution in [0.2, 0.25) is 0 Å². The van der Waals surface area contributed by atoms with E-state index in [1.165, 1.54) is 0 Å². The minimum Gasteiger partial charge on any atom is -0.455 e. The third-order valence-electron chi connectivity index (χ3n) is 4.80. The van der Waals surface area contributed by atoms with Crippen LogP contribution < -0.4 is 10.2 Å². The Labute approximate surface area is 179 Å². The Morgan fingerprint density at radius 3 is 2.47 bits per heavy atom. The Hall–Kier alpha value is -3.77. The third-order valence-corrected chi connectivity index (χ3v) is 4.80. The minimum absolute atomic E-state index is 0.325. The number of ether oxygens (including phenoxy) is 1. The molecule has 170 valence electrons. The van der Waals surface area contributed by atoms with Gasteiger partial charge in [0.05, 0.1) is 16.4 Å². The Morgan fingerprint density at radius 2 is 1.88 bits per heavy atom. The first-order chi connectivity index (χ1) is 15.1. The first-order valence-corrected chi connectivity index (χ1v) is 9.49. The second-order valence-electron chi connectivity index (χ2n) is 6.95. The van der Waals surface area contributed by atoms with Crippen molar-refractivity contribution in [3.8, 4) is 0 Å². The maximum absolute atomic E-state index is 12.8. The largest absolute Gasteiger partial charge is 0.455 e. The fourth-order valence-corrected chi connectivity index (χ4v) is 3.18. The normalized spacial score (nSPS) is 14.7. The number of nitro benzene ring substituents is 1. The molecule has 1 fully saturated rings. The van der Waals surface area contributed by atoms with E-state index in [1.807, 2.05) is 4.90 Å². The highest BCUT2D eigenvalue weighted by Gasteiger charge is 2.33. The number of aromatic nitrogens is 2. The van der Waals surface area contributed by atoms with Gasteiger partial charge in [-0.25, -0.2) is 9.97 Å². The number of halogens is 3. The molecule has 0 bridgehead atoms. The molecule has 13 heteroatoms. The van der Waals surface area contributed by atoms with Crippen molar-refractivity contribution in [2.45, 2.75) is 19.0 Å². The fraction of sp³-hybridized carbons (Fsp3) is 0.368. The summed E-state index contributed by atoms with van der Waals surface area (Å²) in [7, 11) is 0. The van der Waals surface area contributed by atoms with Crippen molar-refractivity contribution < 1.29 is 32.4 Å². The van der Waals surface area contributed by atoms with Crippen molar-refractivity contribution in [3.63, 3.8) is 0 Å². The first-order valence-electron chi connectivity index (χ1n) is 9.49. The molecule has 0 atom stereocenters. The number of nitro groups is 1. The van der Waals surface area contributed by atoms with Crippen molar-refractivity contribution in [2.24, 2.45) is 5.92 Å². The van der Waals surface area contributed by atoms with Gasteiger partial charge in [0, 0.05) is 31.5 Å². The number of esters is 1. The molecule has 1 aromatic heterocycles. The lowest BCUT2D eigenvalue weighted by molar-refractivity contribution is -0.384. The van der Waals surface area contributed by atoms with Gasteiger partial charge in [-0.05, 0) is 31.0 Å². The number of anilines is 2. The smallest absolute Gasteiger partial charge is 0.416 e. The van der Waals surface area contributed by atoms with Crippen LogP contribution >= 0.6 is 0 Å². The zero-order chi connectivity index (χ0) is 23.3. The molecule has 10 nitrogen and oxygen atoms in total. The van der Waals surface area contributed by atoms with Gasteiger partial charge in [-0.2, -0.15) is 13.2 Å². The van der Waals surface area contributed by atoms with Gasteiger partial charge < -0.3 is 15.0 Å². The van der Waals surface area contributed by atoms with Crippen LogP contribution in [0.3, 0.4) is 0 Å². The van der Waals surface area contributed by atoms with Gasteiger partial charge in [-0.3, -0.25) is 19.7 Å². The average Bonchev–Trinajstić information content (AvgIpc) is 2.77. The van der Waals surface area contributed by atoms with Crippen molar-refractivity contribution >= 4 is 29.2 Å². The quantitative estimate of drug-likeness (QED) is 0.402. The van der Waals surface area contributed by atoms with E-state index in [-0.39, 0.29) is 0 Å². The van der Waals surface area contributed by atoms with Gasteiger partial charge in [0.2, 0.25) is 5.95 Å². The molecule has 0 unspecified atom stereocenters. The second kappa shape index (κ2) is 9.58. The molecule has 0 saturated carbocycles. The number of rotatable bonds is 6. The molecule has 32 heavy (non-hydrogen) atoms. The molecule has 0 radical (unpaired) electrons. The van der Waals surface area contributed by atoms with E-state index in [2.05, 4.69) is 15.3 Å². The van der Waals surface area contributed by atoms with Crippen LogP contribution in [0.25, 0.3) is 0 Å². The highest BCUT2D eigenvalue weighted by Crippen LogP contribution is 2.35. The zero-order valence-corrected chi connectivity index (χ0v) is 16.5. The highest BCUT2D eigenvalue weighted by atomic mass is 19.4. The minimum atomic E-state index is -4.77. The number of nitrogens with one attached hydrogen (secondary N) is 1. The molecule has 2 aromatic rings. The molecular formula is C19H18F3N5O5. The predicted molar refractivity (Wildman–Crippen MR) is 105 cm³/mol. The number of carbonyl (C=O) groups excluding carboxylic acids is 2. The summed E-state index contributed by atoms with van der Waals surface area (Å²) in [6.07, 6.45) is -0.623. The third kappa shape index (κ3) is 5.68. The van der Waals surface area contributed by atoms with E-state index in [1.54, 1.807) is 18.5 Å². The average molecular weight is 453 g/mol. The molecule has 2 heterocycles. The molecule has 1 amide bonds. The van der Waals surface area contributed by atoms with Crippen LogP contribution in [0.15, 0.2) is 36.7 Å². The van der Waals surface area contributed by atoms with Crippen molar-refractivity contribution in [3.05, 3.63) is 52.3 Å². The van der Waals surface area contributed by atoms with Gasteiger partial charge >= 0.3 is 12.1 Å². The van der Waals surface area contributed by atoms with Gasteiger partial charge in [-0.1, -0.05) is 0 Å². The predicted octanol–water partition coefficient (Wildman–Crippen LogP) is 2.80. The monoisotopic (exact) mass is 453 g/mol. The van der Waals surface area contributed by atoms with E-state index in [0.717, 1.165) is 6.07 Å². The molecule has 1 saturated heterocycles. The highest BCUT2D eigenvalue weighted by molar-refractivity contribution is 5.95. The lowest BCUT2D eigenvalue weighted by atomic mass is 9.97. The maximum atomic E-state index is 12.8. The van der Waals surface area contributed by atoms with Gasteiger partial charge in [0.25, 0.3) is 11.6 Å². The summed E-state index contributed by atoms with van der Waals surface area (Å²) in [5.41, 5.74) is -2.57. The summed E-state index contributed by atoms with van der Waals surface area (Å²) in [6, 6.07) is 3.41. The van der Waals surface area contributed by atoms with Crippen LogP contribution in [0.1, 0.15) is 18.4 Å². The van der Waals surface area contributed by atoms with E-state index >= 15 is 0 Å². The topological polar surface area (TPSA) is 128 Å². The van der Waals surface area contributed by atoms with Crippen LogP contribution in [0, 0.1) is 16.0 Å². The van der Waals surface area contributed by atoms with Gasteiger partial charge in [0.15, 0.2) is 6.61 Å². The Bertz CT molecular complexity index is 995. The molecule has 1 aliphatic heterocycles. The number of carbonyl (C=O) groups is 2.